The molecule has 2 saturated heterocycles. The number of nitrogens with one attached hydrogen (secondary N) is 1. The van der Waals surface area contributed by atoms with Crippen molar-refractivity contribution in [2.75, 3.05) is 6.54 Å². The number of carbonyl (C=O) groups excluding carboxylic acids is 2. The molecular weight excluding hydrogens is 467 g/mol. The fraction of sp³-hybridized carbons (Fsp3) is 0.393. The average Bonchev–Trinajstić information content (AvgIpc) is 2.84. The van der Waals surface area contributed by atoms with E-state index in [2.05, 4.69) is 34.3 Å². The van der Waals surface area contributed by atoms with Crippen molar-refractivity contribution in [1.82, 2.24) is 15.2 Å². The van der Waals surface area contributed by atoms with Crippen LogP contribution in [0.4, 0.5) is 13.2 Å². The second-order valence-corrected chi connectivity index (χ2v) is 9.96. The molecule has 8 heteroatoms. The summed E-state index contributed by atoms with van der Waals surface area (Å²) in [5.74, 6) is -0.493. The molecule has 5 nitrogen and oxygen atoms in total. The first-order valence-corrected chi connectivity index (χ1v) is 12.3. The highest BCUT2D eigenvalue weighted by molar-refractivity contribution is 6.01. The van der Waals surface area contributed by atoms with Crippen molar-refractivity contribution in [2.24, 2.45) is 0 Å². The van der Waals surface area contributed by atoms with Crippen molar-refractivity contribution < 1.29 is 22.8 Å². The second-order valence-electron chi connectivity index (χ2n) is 9.96. The zero-order valence-electron chi connectivity index (χ0n) is 20.0. The van der Waals surface area contributed by atoms with Gasteiger partial charge in [0.05, 0.1) is 17.0 Å². The van der Waals surface area contributed by atoms with E-state index in [9.17, 15) is 22.8 Å². The van der Waals surface area contributed by atoms with Gasteiger partial charge in [-0.1, -0.05) is 18.2 Å². The molecular formula is C28H28F3N3O2. The average molecular weight is 496 g/mol. The van der Waals surface area contributed by atoms with Gasteiger partial charge in [-0.3, -0.25) is 24.8 Å². The lowest BCUT2D eigenvalue weighted by Gasteiger charge is -2.38. The van der Waals surface area contributed by atoms with Gasteiger partial charge in [-0.2, -0.15) is 13.2 Å². The van der Waals surface area contributed by atoms with E-state index in [0.717, 1.165) is 53.5 Å². The van der Waals surface area contributed by atoms with E-state index >= 15 is 0 Å². The molecule has 3 atom stereocenters. The summed E-state index contributed by atoms with van der Waals surface area (Å²) in [4.78, 5) is 30.7. The Balaban J connectivity index is 1.27. The maximum absolute atomic E-state index is 12.8. The molecule has 2 aliphatic heterocycles. The summed E-state index contributed by atoms with van der Waals surface area (Å²) in [6, 6.07) is 14.0. The summed E-state index contributed by atoms with van der Waals surface area (Å²) in [5, 5.41) is 3.40. The van der Waals surface area contributed by atoms with Crippen LogP contribution in [-0.2, 0) is 22.3 Å². The molecule has 0 bridgehead atoms. The first-order valence-electron chi connectivity index (χ1n) is 12.3. The third kappa shape index (κ3) is 5.14. The van der Waals surface area contributed by atoms with Gasteiger partial charge in [0.2, 0.25) is 11.8 Å². The fourth-order valence-electron chi connectivity index (χ4n) is 5.42. The molecule has 0 radical (unpaired) electrons. The molecule has 36 heavy (non-hydrogen) atoms. The van der Waals surface area contributed by atoms with Crippen LogP contribution < -0.4 is 5.32 Å². The molecule has 2 amide bonds. The monoisotopic (exact) mass is 495 g/mol. The van der Waals surface area contributed by atoms with Crippen LogP contribution in [0.2, 0.25) is 0 Å². The van der Waals surface area contributed by atoms with Crippen molar-refractivity contribution in [3.63, 3.8) is 0 Å². The predicted molar refractivity (Wildman–Crippen MR) is 130 cm³/mol. The van der Waals surface area contributed by atoms with Crippen LogP contribution in [0.15, 0.2) is 54.7 Å². The van der Waals surface area contributed by atoms with Crippen LogP contribution in [-0.4, -0.2) is 34.3 Å². The third-order valence-corrected chi connectivity index (χ3v) is 7.52. The number of imide groups is 1. The van der Waals surface area contributed by atoms with E-state index < -0.39 is 11.7 Å². The number of benzene rings is 2. The van der Waals surface area contributed by atoms with E-state index in [1.807, 2.05) is 12.1 Å². The van der Waals surface area contributed by atoms with Crippen molar-refractivity contribution in [2.45, 2.75) is 63.2 Å². The zero-order chi connectivity index (χ0) is 25.4. The highest BCUT2D eigenvalue weighted by Crippen LogP contribution is 2.35. The number of carbonyl (C=O) groups is 2. The van der Waals surface area contributed by atoms with Gasteiger partial charge in [0.1, 0.15) is 0 Å². The Labute approximate surface area is 207 Å². The number of likely N-dealkylation sites (tertiary alicyclic amines) is 1. The van der Waals surface area contributed by atoms with E-state index in [0.29, 0.717) is 25.3 Å². The zero-order valence-corrected chi connectivity index (χ0v) is 20.0. The Morgan fingerprint density at radius 1 is 1.03 bits per heavy atom. The number of alkyl halides is 3. The summed E-state index contributed by atoms with van der Waals surface area (Å²) in [5.41, 5.74) is 3.17. The molecule has 2 unspecified atom stereocenters. The van der Waals surface area contributed by atoms with Crippen LogP contribution in [0.5, 0.6) is 0 Å². The highest BCUT2D eigenvalue weighted by atomic mass is 19.4. The van der Waals surface area contributed by atoms with Gasteiger partial charge in [0.15, 0.2) is 0 Å². The molecule has 5 rings (SSSR count). The van der Waals surface area contributed by atoms with Gasteiger partial charge in [-0.15, -0.1) is 0 Å². The number of hydrogen-bond donors (Lipinski definition) is 1. The fourth-order valence-corrected chi connectivity index (χ4v) is 5.42. The van der Waals surface area contributed by atoms with E-state index in [1.54, 1.807) is 18.3 Å². The minimum absolute atomic E-state index is 0.230. The lowest BCUT2D eigenvalue weighted by Crippen LogP contribution is -2.39. The summed E-state index contributed by atoms with van der Waals surface area (Å²) >= 11 is 0. The van der Waals surface area contributed by atoms with E-state index in [-0.39, 0.29) is 23.8 Å². The molecule has 2 aliphatic rings. The van der Waals surface area contributed by atoms with Crippen LogP contribution in [0.25, 0.3) is 10.9 Å². The van der Waals surface area contributed by atoms with Crippen LogP contribution >= 0.6 is 0 Å². The summed E-state index contributed by atoms with van der Waals surface area (Å²) < 4.78 is 38.5. The van der Waals surface area contributed by atoms with Crippen molar-refractivity contribution in [1.29, 1.82) is 0 Å². The number of aromatic nitrogens is 1. The van der Waals surface area contributed by atoms with Gasteiger partial charge in [-0.05, 0) is 85.7 Å². The maximum Gasteiger partial charge on any atom is 0.416 e. The maximum atomic E-state index is 12.8. The minimum atomic E-state index is -4.32. The first-order chi connectivity index (χ1) is 17.2. The van der Waals surface area contributed by atoms with E-state index in [4.69, 9.17) is 0 Å². The topological polar surface area (TPSA) is 62.3 Å². The lowest BCUT2D eigenvalue weighted by atomic mass is 9.84. The number of pyridine rings is 1. The normalized spacial score (nSPS) is 23.6. The molecule has 2 fully saturated rings. The highest BCUT2D eigenvalue weighted by Gasteiger charge is 2.31. The van der Waals surface area contributed by atoms with Gasteiger partial charge in [0.25, 0.3) is 0 Å². The quantitative estimate of drug-likeness (QED) is 0.483. The Morgan fingerprint density at radius 3 is 2.47 bits per heavy atom. The summed E-state index contributed by atoms with van der Waals surface area (Å²) in [6.07, 6.45) is 0.138. The third-order valence-electron chi connectivity index (χ3n) is 7.52. The van der Waals surface area contributed by atoms with Gasteiger partial charge >= 0.3 is 6.18 Å². The van der Waals surface area contributed by atoms with Gasteiger partial charge < -0.3 is 0 Å². The SMILES string of the molecule is C[C@@H]1CC(c2ccc3ncc(C4CCC(=O)NC4=O)cc3c2)CCN1Cc1ccc(C(F)(F)F)cc1. The first kappa shape index (κ1) is 24.4. The predicted octanol–water partition coefficient (Wildman–Crippen LogP) is 5.54. The molecule has 188 valence electrons. The standard InChI is InChI=1S/C28H28F3N3O2/c1-17-12-20(10-11-34(17)16-18-2-5-23(6-3-18)28(29,30)31)19-4-8-25-21(13-19)14-22(15-32-25)24-7-9-26(35)33-27(24)36/h2-6,8,13-15,17,20,24H,7,9-12,16H2,1H3,(H,33,35,36)/t17-,20?,24?/m1/s1. The van der Waals surface area contributed by atoms with Gasteiger partial charge in [-0.25, -0.2) is 0 Å². The minimum Gasteiger partial charge on any atom is -0.296 e. The van der Waals surface area contributed by atoms with Crippen molar-refractivity contribution in [3.8, 4) is 0 Å². The van der Waals surface area contributed by atoms with Crippen molar-refractivity contribution in [3.05, 3.63) is 77.0 Å². The molecule has 0 aliphatic carbocycles. The molecule has 3 heterocycles. The van der Waals surface area contributed by atoms with Crippen LogP contribution in [0, 0.1) is 0 Å². The largest absolute Gasteiger partial charge is 0.416 e. The number of nitrogens with zero attached hydrogens (tertiary/aromatic N) is 2. The molecule has 1 aromatic heterocycles. The molecule has 1 N–H and O–H groups in total. The number of hydrogen-bond acceptors (Lipinski definition) is 4. The lowest BCUT2D eigenvalue weighted by molar-refractivity contribution is -0.138. The van der Waals surface area contributed by atoms with E-state index in [1.165, 1.54) is 5.56 Å². The molecule has 0 saturated carbocycles. The summed E-state index contributed by atoms with van der Waals surface area (Å²) in [6.45, 7) is 3.66. The summed E-state index contributed by atoms with van der Waals surface area (Å²) in [7, 11) is 0. The second kappa shape index (κ2) is 9.65. The number of amides is 2. The Bertz CT molecular complexity index is 1290. The number of piperidine rings is 2. The molecule has 2 aromatic carbocycles. The molecule has 3 aromatic rings. The Hall–Kier alpha value is -3.26. The smallest absolute Gasteiger partial charge is 0.296 e. The molecule has 0 spiro atoms. The van der Waals surface area contributed by atoms with Gasteiger partial charge in [0, 0.05) is 30.6 Å². The van der Waals surface area contributed by atoms with Crippen LogP contribution in [0.1, 0.15) is 66.7 Å². The number of rotatable bonds is 4. The number of fused-ring (bicyclic) bond motifs is 1. The Morgan fingerprint density at radius 2 is 1.78 bits per heavy atom. The van der Waals surface area contributed by atoms with Crippen LogP contribution in [0.3, 0.4) is 0 Å². The number of halogens is 3. The van der Waals surface area contributed by atoms with Crippen molar-refractivity contribution >= 4 is 22.7 Å². The Kier molecular flexibility index (Phi) is 6.55.